The molecule has 0 aliphatic carbocycles. The maximum Gasteiger partial charge on any atom is 0.138 e. The molecule has 0 heterocycles. The van der Waals surface area contributed by atoms with Crippen molar-refractivity contribution < 1.29 is 4.74 Å². The molecule has 0 radical (unpaired) electrons. The monoisotopic (exact) mass is 289 g/mol. The van der Waals surface area contributed by atoms with Crippen LogP contribution in [0.1, 0.15) is 5.56 Å². The maximum absolute atomic E-state index is 8.97. The van der Waals surface area contributed by atoms with Crippen LogP contribution in [0.2, 0.25) is 5.02 Å². The Balaban J connectivity index is 1.86. The molecular formula is C15H12ClNOS. The first-order valence-corrected chi connectivity index (χ1v) is 7.16. The van der Waals surface area contributed by atoms with Gasteiger partial charge in [0.2, 0.25) is 0 Å². The van der Waals surface area contributed by atoms with Gasteiger partial charge >= 0.3 is 0 Å². The van der Waals surface area contributed by atoms with Crippen molar-refractivity contribution in [2.45, 2.75) is 4.90 Å². The number of hydrogen-bond donors (Lipinski definition) is 0. The highest BCUT2D eigenvalue weighted by Crippen LogP contribution is 2.23. The van der Waals surface area contributed by atoms with Crippen LogP contribution in [0, 0.1) is 11.3 Å². The zero-order valence-electron chi connectivity index (χ0n) is 10.2. The first-order chi connectivity index (χ1) is 9.29. The third-order valence-corrected chi connectivity index (χ3v) is 3.63. The van der Waals surface area contributed by atoms with Gasteiger partial charge in [-0.25, -0.2) is 0 Å². The second kappa shape index (κ2) is 7.08. The van der Waals surface area contributed by atoms with E-state index in [-0.39, 0.29) is 0 Å². The van der Waals surface area contributed by atoms with Crippen molar-refractivity contribution in [3.05, 3.63) is 59.1 Å². The molecule has 0 aliphatic heterocycles. The van der Waals surface area contributed by atoms with Crippen LogP contribution in [-0.4, -0.2) is 12.4 Å². The largest absolute Gasteiger partial charge is 0.491 e. The number of halogens is 1. The van der Waals surface area contributed by atoms with Gasteiger partial charge in [0, 0.05) is 21.7 Å². The van der Waals surface area contributed by atoms with Gasteiger partial charge in [-0.2, -0.15) is 5.26 Å². The quantitative estimate of drug-likeness (QED) is 0.605. The molecule has 19 heavy (non-hydrogen) atoms. The predicted octanol–water partition coefficient (Wildman–Crippen LogP) is 4.38. The van der Waals surface area contributed by atoms with Gasteiger partial charge in [-0.1, -0.05) is 29.8 Å². The molecule has 0 aliphatic rings. The average Bonchev–Trinajstić information content (AvgIpc) is 2.45. The summed E-state index contributed by atoms with van der Waals surface area (Å²) in [6, 6.07) is 17.2. The fraction of sp³-hybridized carbons (Fsp3) is 0.133. The van der Waals surface area contributed by atoms with E-state index in [0.717, 1.165) is 5.75 Å². The molecule has 4 heteroatoms. The van der Waals surface area contributed by atoms with E-state index in [4.69, 9.17) is 21.6 Å². The minimum Gasteiger partial charge on any atom is -0.491 e. The van der Waals surface area contributed by atoms with Crippen LogP contribution in [-0.2, 0) is 0 Å². The average molecular weight is 290 g/mol. The van der Waals surface area contributed by atoms with E-state index < -0.39 is 0 Å². The molecule has 0 aromatic heterocycles. The van der Waals surface area contributed by atoms with Crippen LogP contribution in [0.3, 0.4) is 0 Å². The molecule has 0 amide bonds. The second-order valence-electron chi connectivity index (χ2n) is 3.76. The van der Waals surface area contributed by atoms with Gasteiger partial charge in [-0.15, -0.1) is 11.8 Å². The van der Waals surface area contributed by atoms with Gasteiger partial charge in [0.25, 0.3) is 0 Å². The summed E-state index contributed by atoms with van der Waals surface area (Å²) in [4.78, 5) is 1.21. The molecule has 0 spiro atoms. The van der Waals surface area contributed by atoms with Crippen molar-refractivity contribution in [1.82, 2.24) is 0 Å². The Bertz CT molecular complexity index is 580. The van der Waals surface area contributed by atoms with E-state index in [0.29, 0.717) is 22.9 Å². The van der Waals surface area contributed by atoms with E-state index in [9.17, 15) is 0 Å². The Hall–Kier alpha value is -1.63. The first-order valence-electron chi connectivity index (χ1n) is 5.80. The number of nitriles is 1. The Morgan fingerprint density at radius 3 is 2.68 bits per heavy atom. The smallest absolute Gasteiger partial charge is 0.138 e. The van der Waals surface area contributed by atoms with E-state index in [2.05, 4.69) is 18.2 Å². The zero-order chi connectivity index (χ0) is 13.5. The number of ether oxygens (including phenoxy) is 1. The number of rotatable bonds is 5. The highest BCUT2D eigenvalue weighted by molar-refractivity contribution is 7.99. The molecule has 2 nitrogen and oxygen atoms in total. The number of thioether (sulfide) groups is 1. The van der Waals surface area contributed by atoms with Gasteiger partial charge < -0.3 is 4.74 Å². The number of benzene rings is 2. The maximum atomic E-state index is 8.97. The summed E-state index contributed by atoms with van der Waals surface area (Å²) >= 11 is 7.60. The van der Waals surface area contributed by atoms with E-state index >= 15 is 0 Å². The fourth-order valence-corrected chi connectivity index (χ4v) is 2.45. The molecule has 0 N–H and O–H groups in total. The molecule has 2 aromatic rings. The lowest BCUT2D eigenvalue weighted by molar-refractivity contribution is 0.343. The topological polar surface area (TPSA) is 33.0 Å². The fourth-order valence-electron chi connectivity index (χ4n) is 1.54. The van der Waals surface area contributed by atoms with E-state index in [1.54, 1.807) is 30.0 Å². The molecule has 0 saturated carbocycles. The van der Waals surface area contributed by atoms with Gasteiger partial charge in [0.15, 0.2) is 0 Å². The Morgan fingerprint density at radius 1 is 1.16 bits per heavy atom. The molecule has 0 fully saturated rings. The highest BCUT2D eigenvalue weighted by Gasteiger charge is 2.04. The summed E-state index contributed by atoms with van der Waals surface area (Å²) in [5.74, 6) is 1.37. The minimum atomic E-state index is 0.508. The SMILES string of the molecule is N#Cc1ccc(Cl)cc1OCCSc1ccccc1. The van der Waals surface area contributed by atoms with Gasteiger partial charge in [-0.3, -0.25) is 0 Å². The van der Waals surface area contributed by atoms with Crippen molar-refractivity contribution >= 4 is 23.4 Å². The van der Waals surface area contributed by atoms with Crippen LogP contribution >= 0.6 is 23.4 Å². The number of hydrogen-bond acceptors (Lipinski definition) is 3. The lowest BCUT2D eigenvalue weighted by Gasteiger charge is -2.08. The van der Waals surface area contributed by atoms with Crippen molar-refractivity contribution in [3.8, 4) is 11.8 Å². The number of nitrogens with zero attached hydrogens (tertiary/aromatic N) is 1. The lowest BCUT2D eigenvalue weighted by atomic mass is 10.2. The zero-order valence-corrected chi connectivity index (χ0v) is 11.7. The summed E-state index contributed by atoms with van der Waals surface area (Å²) in [5, 5.41) is 9.54. The predicted molar refractivity (Wildman–Crippen MR) is 78.8 cm³/mol. The van der Waals surface area contributed by atoms with Crippen LogP contribution in [0.4, 0.5) is 0 Å². The summed E-state index contributed by atoms with van der Waals surface area (Å²) in [6.07, 6.45) is 0. The van der Waals surface area contributed by atoms with E-state index in [1.165, 1.54) is 4.90 Å². The van der Waals surface area contributed by atoms with Crippen molar-refractivity contribution in [2.24, 2.45) is 0 Å². The summed E-state index contributed by atoms with van der Waals surface area (Å²) in [6.45, 7) is 0.536. The highest BCUT2D eigenvalue weighted by atomic mass is 35.5. The normalized spacial score (nSPS) is 9.89. The molecule has 0 atom stereocenters. The van der Waals surface area contributed by atoms with E-state index in [1.807, 2.05) is 18.2 Å². The van der Waals surface area contributed by atoms with Crippen LogP contribution < -0.4 is 4.74 Å². The molecule has 0 unspecified atom stereocenters. The standard InChI is InChI=1S/C15H12ClNOS/c16-13-7-6-12(11-17)15(10-13)18-8-9-19-14-4-2-1-3-5-14/h1-7,10H,8-9H2. The summed E-state index contributed by atoms with van der Waals surface area (Å²) < 4.78 is 5.60. The summed E-state index contributed by atoms with van der Waals surface area (Å²) in [7, 11) is 0. The van der Waals surface area contributed by atoms with Crippen LogP contribution in [0.25, 0.3) is 0 Å². The molecule has 0 bridgehead atoms. The van der Waals surface area contributed by atoms with Crippen LogP contribution in [0.5, 0.6) is 5.75 Å². The molecular weight excluding hydrogens is 278 g/mol. The molecule has 0 saturated heterocycles. The summed E-state index contributed by atoms with van der Waals surface area (Å²) in [5.41, 5.74) is 0.508. The van der Waals surface area contributed by atoms with Gasteiger partial charge in [0.1, 0.15) is 11.8 Å². The van der Waals surface area contributed by atoms with Crippen molar-refractivity contribution in [3.63, 3.8) is 0 Å². The molecule has 2 rings (SSSR count). The Labute approximate surface area is 122 Å². The second-order valence-corrected chi connectivity index (χ2v) is 5.37. The van der Waals surface area contributed by atoms with Crippen LogP contribution in [0.15, 0.2) is 53.4 Å². The molecule has 96 valence electrons. The molecule has 2 aromatic carbocycles. The van der Waals surface area contributed by atoms with Gasteiger partial charge in [-0.05, 0) is 24.3 Å². The lowest BCUT2D eigenvalue weighted by Crippen LogP contribution is -2.01. The third-order valence-electron chi connectivity index (χ3n) is 2.42. The first kappa shape index (κ1) is 13.8. The Morgan fingerprint density at radius 2 is 1.95 bits per heavy atom. The third kappa shape index (κ3) is 4.20. The van der Waals surface area contributed by atoms with Gasteiger partial charge in [0.05, 0.1) is 12.2 Å². The van der Waals surface area contributed by atoms with Crippen molar-refractivity contribution in [2.75, 3.05) is 12.4 Å². The minimum absolute atomic E-state index is 0.508. The van der Waals surface area contributed by atoms with Crippen molar-refractivity contribution in [1.29, 1.82) is 5.26 Å². The Kier molecular flexibility index (Phi) is 5.14.